The van der Waals surface area contributed by atoms with Crippen LogP contribution in [-0.4, -0.2) is 50.7 Å². The Hall–Kier alpha value is -0.610. The van der Waals surface area contributed by atoms with Gasteiger partial charge < -0.3 is 15.0 Å². The largest absolute Gasteiger partial charge is 0.381 e. The Morgan fingerprint density at radius 1 is 1.41 bits per heavy atom. The van der Waals surface area contributed by atoms with Crippen molar-refractivity contribution in [3.8, 4) is 0 Å². The smallest absolute Gasteiger partial charge is 0.223 e. The third-order valence-corrected chi connectivity index (χ3v) is 4.01. The molecule has 0 aromatic carbocycles. The van der Waals surface area contributed by atoms with E-state index in [4.69, 9.17) is 4.74 Å². The van der Waals surface area contributed by atoms with Crippen molar-refractivity contribution in [3.63, 3.8) is 0 Å². The molecule has 0 aromatic rings. The van der Waals surface area contributed by atoms with Gasteiger partial charge in [-0.2, -0.15) is 0 Å². The number of hydrogen-bond donors (Lipinski definition) is 1. The molecule has 1 atom stereocenters. The fourth-order valence-electron chi connectivity index (χ4n) is 3.04. The summed E-state index contributed by atoms with van der Waals surface area (Å²) in [5.74, 6) is 0.295. The Labute approximate surface area is 104 Å². The van der Waals surface area contributed by atoms with Gasteiger partial charge in [-0.3, -0.25) is 4.79 Å². The molecule has 2 saturated heterocycles. The number of amides is 1. The Morgan fingerprint density at radius 3 is 2.94 bits per heavy atom. The number of rotatable bonds is 3. The van der Waals surface area contributed by atoms with Crippen molar-refractivity contribution in [2.75, 3.05) is 39.9 Å². The molecule has 2 aliphatic heterocycles. The first-order valence-corrected chi connectivity index (χ1v) is 6.76. The first kappa shape index (κ1) is 12.8. The highest BCUT2D eigenvalue weighted by Crippen LogP contribution is 2.37. The van der Waals surface area contributed by atoms with Crippen LogP contribution in [0.15, 0.2) is 0 Å². The maximum atomic E-state index is 12.0. The van der Waals surface area contributed by atoms with Crippen molar-refractivity contribution in [1.82, 2.24) is 10.2 Å². The molecule has 2 heterocycles. The van der Waals surface area contributed by atoms with Crippen LogP contribution in [0.2, 0.25) is 0 Å². The summed E-state index contributed by atoms with van der Waals surface area (Å²) in [4.78, 5) is 14.1. The van der Waals surface area contributed by atoms with Crippen molar-refractivity contribution in [3.05, 3.63) is 0 Å². The lowest BCUT2D eigenvalue weighted by Crippen LogP contribution is -2.49. The fourth-order valence-corrected chi connectivity index (χ4v) is 3.04. The second-order valence-corrected chi connectivity index (χ2v) is 5.43. The van der Waals surface area contributed by atoms with E-state index in [1.54, 1.807) is 0 Å². The lowest BCUT2D eigenvalue weighted by molar-refractivity contribution is -0.137. The number of piperidine rings is 1. The maximum Gasteiger partial charge on any atom is 0.223 e. The van der Waals surface area contributed by atoms with Crippen LogP contribution in [-0.2, 0) is 9.53 Å². The van der Waals surface area contributed by atoms with Gasteiger partial charge >= 0.3 is 0 Å². The van der Waals surface area contributed by atoms with E-state index < -0.39 is 0 Å². The first-order chi connectivity index (χ1) is 8.26. The molecule has 2 rings (SSSR count). The zero-order valence-corrected chi connectivity index (χ0v) is 10.8. The lowest BCUT2D eigenvalue weighted by atomic mass is 9.76. The standard InChI is InChI=1S/C13H24N2O2/c1-14-7-4-12(16)15-8-2-5-13(10-15)6-3-9-17-11-13/h14H,2-11H2,1H3. The van der Waals surface area contributed by atoms with E-state index in [2.05, 4.69) is 10.2 Å². The van der Waals surface area contributed by atoms with Crippen molar-refractivity contribution >= 4 is 5.91 Å². The zero-order valence-electron chi connectivity index (χ0n) is 10.8. The monoisotopic (exact) mass is 240 g/mol. The van der Waals surface area contributed by atoms with Crippen LogP contribution in [0.5, 0.6) is 0 Å². The molecule has 0 bridgehead atoms. The van der Waals surface area contributed by atoms with Gasteiger partial charge in [0, 0.05) is 38.1 Å². The highest BCUT2D eigenvalue weighted by Gasteiger charge is 2.38. The van der Waals surface area contributed by atoms with Crippen LogP contribution < -0.4 is 5.32 Å². The van der Waals surface area contributed by atoms with Gasteiger partial charge in [0.15, 0.2) is 0 Å². The van der Waals surface area contributed by atoms with Gasteiger partial charge in [-0.1, -0.05) is 0 Å². The molecule has 4 heteroatoms. The number of nitrogens with zero attached hydrogens (tertiary/aromatic N) is 1. The zero-order chi connectivity index (χ0) is 12.1. The van der Waals surface area contributed by atoms with Crippen LogP contribution in [0.1, 0.15) is 32.1 Å². The van der Waals surface area contributed by atoms with E-state index >= 15 is 0 Å². The van der Waals surface area contributed by atoms with Crippen LogP contribution in [0.4, 0.5) is 0 Å². The number of carbonyl (C=O) groups excluding carboxylic acids is 1. The summed E-state index contributed by atoms with van der Waals surface area (Å²) in [6, 6.07) is 0. The van der Waals surface area contributed by atoms with Crippen LogP contribution in [0.3, 0.4) is 0 Å². The predicted molar refractivity (Wildman–Crippen MR) is 66.8 cm³/mol. The predicted octanol–water partition coefficient (Wildman–Crippen LogP) is 1.02. The summed E-state index contributed by atoms with van der Waals surface area (Å²) in [5.41, 5.74) is 0.270. The molecule has 0 aromatic heterocycles. The van der Waals surface area contributed by atoms with Crippen LogP contribution in [0, 0.1) is 5.41 Å². The van der Waals surface area contributed by atoms with E-state index in [0.29, 0.717) is 12.3 Å². The number of nitrogens with one attached hydrogen (secondary N) is 1. The van der Waals surface area contributed by atoms with E-state index in [9.17, 15) is 4.79 Å². The minimum Gasteiger partial charge on any atom is -0.381 e. The molecular formula is C13H24N2O2. The highest BCUT2D eigenvalue weighted by molar-refractivity contribution is 5.76. The van der Waals surface area contributed by atoms with E-state index in [-0.39, 0.29) is 5.41 Å². The SMILES string of the molecule is CNCCC(=O)N1CCCC2(CCCOC2)C1. The van der Waals surface area contributed by atoms with Gasteiger partial charge in [0.05, 0.1) is 6.61 Å². The van der Waals surface area contributed by atoms with E-state index in [1.807, 2.05) is 7.05 Å². The summed E-state index contributed by atoms with van der Waals surface area (Å²) in [5, 5.41) is 3.04. The Balaban J connectivity index is 1.89. The van der Waals surface area contributed by atoms with Crippen molar-refractivity contribution in [2.45, 2.75) is 32.1 Å². The average molecular weight is 240 g/mol. The Morgan fingerprint density at radius 2 is 2.24 bits per heavy atom. The topological polar surface area (TPSA) is 41.6 Å². The molecule has 1 amide bonds. The van der Waals surface area contributed by atoms with Gasteiger partial charge in [0.2, 0.25) is 5.91 Å². The van der Waals surface area contributed by atoms with Crippen molar-refractivity contribution < 1.29 is 9.53 Å². The number of hydrogen-bond acceptors (Lipinski definition) is 3. The summed E-state index contributed by atoms with van der Waals surface area (Å²) in [7, 11) is 1.89. The maximum absolute atomic E-state index is 12.0. The second kappa shape index (κ2) is 5.83. The molecule has 98 valence electrons. The van der Waals surface area contributed by atoms with Gasteiger partial charge in [-0.25, -0.2) is 0 Å². The number of ether oxygens (including phenoxy) is 1. The minimum atomic E-state index is 0.270. The third-order valence-electron chi connectivity index (χ3n) is 4.01. The van der Waals surface area contributed by atoms with Gasteiger partial charge in [-0.05, 0) is 32.7 Å². The molecule has 0 radical (unpaired) electrons. The molecule has 17 heavy (non-hydrogen) atoms. The summed E-state index contributed by atoms with van der Waals surface area (Å²) < 4.78 is 5.62. The normalized spacial score (nSPS) is 29.6. The lowest BCUT2D eigenvalue weighted by Gasteiger charge is -2.44. The molecule has 2 fully saturated rings. The van der Waals surface area contributed by atoms with Gasteiger partial charge in [0.25, 0.3) is 0 Å². The third kappa shape index (κ3) is 3.19. The minimum absolute atomic E-state index is 0.270. The molecule has 1 spiro atoms. The Bertz CT molecular complexity index is 257. The summed E-state index contributed by atoms with van der Waals surface area (Å²) >= 11 is 0. The van der Waals surface area contributed by atoms with Crippen LogP contribution >= 0.6 is 0 Å². The quantitative estimate of drug-likeness (QED) is 0.800. The van der Waals surface area contributed by atoms with Crippen molar-refractivity contribution in [2.24, 2.45) is 5.41 Å². The van der Waals surface area contributed by atoms with Gasteiger partial charge in [-0.15, -0.1) is 0 Å². The van der Waals surface area contributed by atoms with E-state index in [0.717, 1.165) is 45.7 Å². The van der Waals surface area contributed by atoms with Gasteiger partial charge in [0.1, 0.15) is 0 Å². The molecule has 2 aliphatic rings. The summed E-state index contributed by atoms with van der Waals surface area (Å²) in [6.07, 6.45) is 5.35. The highest BCUT2D eigenvalue weighted by atomic mass is 16.5. The van der Waals surface area contributed by atoms with Crippen LogP contribution in [0.25, 0.3) is 0 Å². The second-order valence-electron chi connectivity index (χ2n) is 5.43. The molecule has 0 saturated carbocycles. The number of carbonyl (C=O) groups is 1. The van der Waals surface area contributed by atoms with E-state index in [1.165, 1.54) is 12.8 Å². The molecular weight excluding hydrogens is 216 g/mol. The van der Waals surface area contributed by atoms with Crippen molar-refractivity contribution in [1.29, 1.82) is 0 Å². The molecule has 1 unspecified atom stereocenters. The molecule has 1 N–H and O–H groups in total. The first-order valence-electron chi connectivity index (χ1n) is 6.76. The average Bonchev–Trinajstić information content (AvgIpc) is 2.37. The fraction of sp³-hybridized carbons (Fsp3) is 0.923. The number of likely N-dealkylation sites (tertiary alicyclic amines) is 1. The summed E-state index contributed by atoms with van der Waals surface area (Å²) in [6.45, 7) is 4.37. The molecule has 0 aliphatic carbocycles. The Kier molecular flexibility index (Phi) is 4.40. The molecule has 4 nitrogen and oxygen atoms in total.